The van der Waals surface area contributed by atoms with Crippen molar-refractivity contribution in [1.29, 1.82) is 0 Å². The lowest BCUT2D eigenvalue weighted by atomic mass is 10.0. The minimum Gasteiger partial charge on any atom is -0.481 e. The van der Waals surface area contributed by atoms with E-state index in [1.807, 2.05) is 18.2 Å². The third-order valence-electron chi connectivity index (χ3n) is 2.93. The van der Waals surface area contributed by atoms with Crippen molar-refractivity contribution in [3.63, 3.8) is 0 Å². The number of carbonyl (C=O) groups is 1. The fourth-order valence-electron chi connectivity index (χ4n) is 2.05. The molecule has 4 heteroatoms. The number of thioether (sulfide) groups is 1. The number of aromatic nitrogens is 1. The lowest BCUT2D eigenvalue weighted by Gasteiger charge is -2.12. The highest BCUT2D eigenvalue weighted by Crippen LogP contribution is 2.29. The molecule has 3 nitrogen and oxygen atoms in total. The smallest absolute Gasteiger partial charge is 0.313 e. The van der Waals surface area contributed by atoms with Crippen LogP contribution in [0.25, 0.3) is 10.9 Å². The zero-order valence-corrected chi connectivity index (χ0v) is 11.3. The maximum absolute atomic E-state index is 10.7. The quantitative estimate of drug-likeness (QED) is 0.858. The number of fused-ring (bicyclic) bond motifs is 1. The van der Waals surface area contributed by atoms with Crippen LogP contribution in [0.3, 0.4) is 0 Å². The lowest BCUT2D eigenvalue weighted by Crippen LogP contribution is -2.02. The molecule has 0 aliphatic rings. The summed E-state index contributed by atoms with van der Waals surface area (Å²) in [6.45, 7) is 4.15. The van der Waals surface area contributed by atoms with Crippen molar-refractivity contribution in [2.45, 2.75) is 25.3 Å². The van der Waals surface area contributed by atoms with Crippen molar-refractivity contribution >= 4 is 28.6 Å². The molecule has 1 N–H and O–H groups in total. The Labute approximate surface area is 110 Å². The SMILES string of the molecule is CCc1c(SCC(=O)O)nc2ccccc2c1C. The minimum atomic E-state index is -0.810. The second-order valence-electron chi connectivity index (χ2n) is 4.07. The van der Waals surface area contributed by atoms with Gasteiger partial charge in [-0.2, -0.15) is 0 Å². The number of hydrogen-bond donors (Lipinski definition) is 1. The summed E-state index contributed by atoms with van der Waals surface area (Å²) in [6.07, 6.45) is 0.867. The van der Waals surface area contributed by atoms with Crippen LogP contribution in [0.5, 0.6) is 0 Å². The van der Waals surface area contributed by atoms with E-state index in [2.05, 4.69) is 24.9 Å². The molecule has 1 aromatic carbocycles. The van der Waals surface area contributed by atoms with Crippen LogP contribution < -0.4 is 0 Å². The number of para-hydroxylation sites is 1. The Kier molecular flexibility index (Phi) is 3.87. The summed E-state index contributed by atoms with van der Waals surface area (Å²) in [5.41, 5.74) is 3.29. The van der Waals surface area contributed by atoms with Crippen LogP contribution in [0, 0.1) is 6.92 Å². The highest BCUT2D eigenvalue weighted by atomic mass is 32.2. The third kappa shape index (κ3) is 2.48. The van der Waals surface area contributed by atoms with E-state index >= 15 is 0 Å². The number of rotatable bonds is 4. The summed E-state index contributed by atoms with van der Waals surface area (Å²) in [7, 11) is 0. The van der Waals surface area contributed by atoms with Gasteiger partial charge < -0.3 is 5.11 Å². The molecule has 94 valence electrons. The maximum atomic E-state index is 10.7. The van der Waals surface area contributed by atoms with Crippen molar-refractivity contribution < 1.29 is 9.90 Å². The molecule has 2 rings (SSSR count). The summed E-state index contributed by atoms with van der Waals surface area (Å²) in [6, 6.07) is 7.97. The predicted molar refractivity (Wildman–Crippen MR) is 74.2 cm³/mol. The molecule has 2 aromatic rings. The van der Waals surface area contributed by atoms with Gasteiger partial charge in [-0.05, 0) is 30.5 Å². The van der Waals surface area contributed by atoms with Crippen LogP contribution in [0.2, 0.25) is 0 Å². The van der Waals surface area contributed by atoms with E-state index in [0.717, 1.165) is 27.9 Å². The Bertz CT molecular complexity index is 596. The molecule has 0 saturated carbocycles. The van der Waals surface area contributed by atoms with Gasteiger partial charge in [-0.1, -0.05) is 36.9 Å². The summed E-state index contributed by atoms with van der Waals surface area (Å²) < 4.78 is 0. The van der Waals surface area contributed by atoms with Crippen molar-refractivity contribution in [2.75, 3.05) is 5.75 Å². The molecule has 1 aromatic heterocycles. The van der Waals surface area contributed by atoms with Crippen LogP contribution in [0.1, 0.15) is 18.1 Å². The Balaban J connectivity index is 2.54. The zero-order valence-electron chi connectivity index (χ0n) is 10.4. The van der Waals surface area contributed by atoms with E-state index in [0.29, 0.717) is 0 Å². The van der Waals surface area contributed by atoms with Gasteiger partial charge in [0, 0.05) is 5.39 Å². The summed E-state index contributed by atoms with van der Waals surface area (Å²) in [5.74, 6) is -0.757. The highest BCUT2D eigenvalue weighted by molar-refractivity contribution is 7.99. The Morgan fingerprint density at radius 1 is 1.39 bits per heavy atom. The summed E-state index contributed by atoms with van der Waals surface area (Å²) in [4.78, 5) is 15.3. The fourth-order valence-corrected chi connectivity index (χ4v) is 2.95. The number of carboxylic acids is 1. The fraction of sp³-hybridized carbons (Fsp3) is 0.286. The van der Waals surface area contributed by atoms with Crippen LogP contribution in [0.4, 0.5) is 0 Å². The third-order valence-corrected chi connectivity index (χ3v) is 3.93. The molecule has 0 amide bonds. The molecule has 0 saturated heterocycles. The molecule has 0 atom stereocenters. The molecule has 0 unspecified atom stereocenters. The first kappa shape index (κ1) is 12.9. The van der Waals surface area contributed by atoms with Crippen LogP contribution in [-0.2, 0) is 11.2 Å². The highest BCUT2D eigenvalue weighted by Gasteiger charge is 2.12. The zero-order chi connectivity index (χ0) is 13.1. The molecule has 1 heterocycles. The van der Waals surface area contributed by atoms with Gasteiger partial charge in [0.2, 0.25) is 0 Å². The molecular formula is C14H15NO2S. The van der Waals surface area contributed by atoms with Crippen LogP contribution in [-0.4, -0.2) is 21.8 Å². The Morgan fingerprint density at radius 2 is 2.11 bits per heavy atom. The Hall–Kier alpha value is -1.55. The number of hydrogen-bond acceptors (Lipinski definition) is 3. The molecule has 0 spiro atoms. The van der Waals surface area contributed by atoms with Gasteiger partial charge in [-0.3, -0.25) is 4.79 Å². The number of aliphatic carboxylic acids is 1. The van der Waals surface area contributed by atoms with Gasteiger partial charge >= 0.3 is 5.97 Å². The van der Waals surface area contributed by atoms with Gasteiger partial charge in [-0.15, -0.1) is 0 Å². The molecule has 18 heavy (non-hydrogen) atoms. The van der Waals surface area contributed by atoms with E-state index in [9.17, 15) is 4.79 Å². The van der Waals surface area contributed by atoms with E-state index < -0.39 is 5.97 Å². The molecule has 0 aliphatic heterocycles. The lowest BCUT2D eigenvalue weighted by molar-refractivity contribution is -0.133. The van der Waals surface area contributed by atoms with E-state index in [1.165, 1.54) is 17.3 Å². The van der Waals surface area contributed by atoms with Crippen molar-refractivity contribution in [1.82, 2.24) is 4.98 Å². The molecule has 0 radical (unpaired) electrons. The predicted octanol–water partition coefficient (Wildman–Crippen LogP) is 3.28. The number of pyridine rings is 1. The summed E-state index contributed by atoms with van der Waals surface area (Å²) >= 11 is 1.30. The number of carboxylic acid groups (broad SMARTS) is 1. The molecule has 0 aliphatic carbocycles. The topological polar surface area (TPSA) is 50.2 Å². The van der Waals surface area contributed by atoms with Gasteiger partial charge in [0.15, 0.2) is 0 Å². The average Bonchev–Trinajstić information content (AvgIpc) is 2.36. The van der Waals surface area contributed by atoms with Gasteiger partial charge in [0.25, 0.3) is 0 Å². The van der Waals surface area contributed by atoms with Gasteiger partial charge in [0.1, 0.15) is 5.03 Å². The maximum Gasteiger partial charge on any atom is 0.313 e. The van der Waals surface area contributed by atoms with Gasteiger partial charge in [0.05, 0.1) is 11.3 Å². The molecule has 0 bridgehead atoms. The number of aryl methyl sites for hydroxylation is 1. The second kappa shape index (κ2) is 5.40. The number of nitrogens with zero attached hydrogens (tertiary/aromatic N) is 1. The number of benzene rings is 1. The van der Waals surface area contributed by atoms with Crippen molar-refractivity contribution in [3.05, 3.63) is 35.4 Å². The first-order valence-electron chi connectivity index (χ1n) is 5.86. The van der Waals surface area contributed by atoms with Crippen LogP contribution >= 0.6 is 11.8 Å². The largest absolute Gasteiger partial charge is 0.481 e. The van der Waals surface area contributed by atoms with Crippen LogP contribution in [0.15, 0.2) is 29.3 Å². The Morgan fingerprint density at radius 3 is 2.78 bits per heavy atom. The first-order valence-corrected chi connectivity index (χ1v) is 6.84. The van der Waals surface area contributed by atoms with Gasteiger partial charge in [-0.25, -0.2) is 4.98 Å². The van der Waals surface area contributed by atoms with E-state index in [-0.39, 0.29) is 5.75 Å². The standard InChI is InChI=1S/C14H15NO2S/c1-3-10-9(2)11-6-4-5-7-12(11)15-14(10)18-8-13(16)17/h4-7H,3,8H2,1-2H3,(H,16,17). The normalized spacial score (nSPS) is 10.8. The molecular weight excluding hydrogens is 246 g/mol. The average molecular weight is 261 g/mol. The second-order valence-corrected chi connectivity index (χ2v) is 5.04. The van der Waals surface area contributed by atoms with Crippen molar-refractivity contribution in [2.24, 2.45) is 0 Å². The van der Waals surface area contributed by atoms with Crippen molar-refractivity contribution in [3.8, 4) is 0 Å². The van der Waals surface area contributed by atoms with E-state index in [1.54, 1.807) is 0 Å². The van der Waals surface area contributed by atoms with E-state index in [4.69, 9.17) is 5.11 Å². The summed E-state index contributed by atoms with van der Waals surface area (Å²) in [5, 5.41) is 10.8. The molecule has 0 fully saturated rings. The minimum absolute atomic E-state index is 0.0534. The first-order chi connectivity index (χ1) is 8.63. The monoisotopic (exact) mass is 261 g/mol.